The lowest BCUT2D eigenvalue weighted by Crippen LogP contribution is -2.21. The van der Waals surface area contributed by atoms with Gasteiger partial charge in [-0.05, 0) is 31.2 Å². The molecule has 1 N–H and O–H groups in total. The molecule has 0 saturated heterocycles. The smallest absolute Gasteiger partial charge is 0.0650 e. The van der Waals surface area contributed by atoms with Crippen LogP contribution in [0.3, 0.4) is 0 Å². The molecule has 18 heavy (non-hydrogen) atoms. The Kier molecular flexibility index (Phi) is 4.81. The van der Waals surface area contributed by atoms with Gasteiger partial charge in [0, 0.05) is 12.6 Å². The second kappa shape index (κ2) is 6.37. The van der Waals surface area contributed by atoms with Crippen molar-refractivity contribution in [3.63, 3.8) is 0 Å². The van der Waals surface area contributed by atoms with E-state index in [4.69, 9.17) is 0 Å². The summed E-state index contributed by atoms with van der Waals surface area (Å²) in [4.78, 5) is 0. The van der Waals surface area contributed by atoms with Crippen LogP contribution in [0.5, 0.6) is 0 Å². The molecule has 1 heterocycles. The summed E-state index contributed by atoms with van der Waals surface area (Å²) in [6.45, 7) is 4.39. The average Bonchev–Trinajstić information content (AvgIpc) is 2.74. The summed E-state index contributed by atoms with van der Waals surface area (Å²) in [5, 5.41) is 14.7. The van der Waals surface area contributed by atoms with E-state index in [9.17, 15) is 5.11 Å². The number of aliphatic hydroxyl groups excluding tert-OH is 1. The van der Waals surface area contributed by atoms with E-state index in [-0.39, 0.29) is 6.10 Å². The molecular formula is C15H26N2O. The van der Waals surface area contributed by atoms with E-state index < -0.39 is 0 Å². The molecular weight excluding hydrogens is 224 g/mol. The van der Waals surface area contributed by atoms with Crippen LogP contribution in [-0.2, 0) is 6.42 Å². The number of hydrogen-bond donors (Lipinski definition) is 1. The first-order valence-electron chi connectivity index (χ1n) is 7.45. The van der Waals surface area contributed by atoms with Crippen LogP contribution in [-0.4, -0.2) is 21.0 Å². The maximum atomic E-state index is 10.1. The summed E-state index contributed by atoms with van der Waals surface area (Å²) in [5.74, 6) is 0.765. The third-order valence-electron chi connectivity index (χ3n) is 4.26. The third-order valence-corrected chi connectivity index (χ3v) is 4.26. The Balaban J connectivity index is 1.85. The lowest BCUT2D eigenvalue weighted by molar-refractivity contribution is 0.116. The minimum atomic E-state index is -0.208. The zero-order chi connectivity index (χ0) is 13.0. The number of hydrogen-bond acceptors (Lipinski definition) is 2. The molecule has 0 amide bonds. The molecule has 2 rings (SSSR count). The van der Waals surface area contributed by atoms with E-state index in [1.807, 2.05) is 0 Å². The second-order valence-corrected chi connectivity index (χ2v) is 5.65. The molecule has 0 aliphatic heterocycles. The van der Waals surface area contributed by atoms with Crippen molar-refractivity contribution in [3.8, 4) is 0 Å². The molecule has 1 fully saturated rings. The summed E-state index contributed by atoms with van der Waals surface area (Å²) in [6.07, 6.45) is 9.70. The second-order valence-electron chi connectivity index (χ2n) is 5.65. The van der Waals surface area contributed by atoms with Crippen LogP contribution in [0.15, 0.2) is 12.3 Å². The number of aliphatic hydroxyl groups is 1. The minimum Gasteiger partial charge on any atom is -0.393 e. The van der Waals surface area contributed by atoms with Gasteiger partial charge in [0.15, 0.2) is 0 Å². The predicted octanol–water partition coefficient (Wildman–Crippen LogP) is 3.34. The van der Waals surface area contributed by atoms with Crippen LogP contribution in [0, 0.1) is 5.92 Å². The van der Waals surface area contributed by atoms with Crippen molar-refractivity contribution >= 4 is 0 Å². The van der Waals surface area contributed by atoms with E-state index in [2.05, 4.69) is 35.9 Å². The Morgan fingerprint density at radius 3 is 2.67 bits per heavy atom. The first-order valence-corrected chi connectivity index (χ1v) is 7.45. The van der Waals surface area contributed by atoms with Gasteiger partial charge in [0.1, 0.15) is 0 Å². The molecule has 1 aromatic heterocycles. The predicted molar refractivity (Wildman–Crippen MR) is 73.5 cm³/mol. The maximum absolute atomic E-state index is 10.1. The molecule has 0 spiro atoms. The first-order chi connectivity index (χ1) is 8.72. The lowest BCUT2D eigenvalue weighted by Gasteiger charge is -2.27. The Hall–Kier alpha value is -0.830. The van der Waals surface area contributed by atoms with E-state index in [0.717, 1.165) is 30.9 Å². The fourth-order valence-corrected chi connectivity index (χ4v) is 2.79. The Morgan fingerprint density at radius 2 is 2.11 bits per heavy atom. The zero-order valence-electron chi connectivity index (χ0n) is 11.7. The molecule has 1 aliphatic carbocycles. The normalized spacial score (nSPS) is 18.0. The van der Waals surface area contributed by atoms with Gasteiger partial charge in [-0.2, -0.15) is 5.10 Å². The molecule has 0 radical (unpaired) electrons. The molecule has 1 atom stereocenters. The van der Waals surface area contributed by atoms with Gasteiger partial charge in [-0.1, -0.05) is 33.1 Å². The summed E-state index contributed by atoms with van der Waals surface area (Å²) < 4.78 is 2.06. The summed E-state index contributed by atoms with van der Waals surface area (Å²) in [5.41, 5.74) is 1.04. The molecule has 0 bridgehead atoms. The topological polar surface area (TPSA) is 38.0 Å². The van der Waals surface area contributed by atoms with Gasteiger partial charge in [0.2, 0.25) is 0 Å². The number of aromatic nitrogens is 2. The van der Waals surface area contributed by atoms with Crippen molar-refractivity contribution in [1.29, 1.82) is 0 Å². The molecule has 0 aromatic carbocycles. The van der Waals surface area contributed by atoms with Crippen molar-refractivity contribution in [3.05, 3.63) is 18.0 Å². The Bertz CT molecular complexity index is 353. The van der Waals surface area contributed by atoms with E-state index >= 15 is 0 Å². The molecule has 3 heteroatoms. The third kappa shape index (κ3) is 3.35. The Morgan fingerprint density at radius 1 is 1.39 bits per heavy atom. The van der Waals surface area contributed by atoms with E-state index in [1.165, 1.54) is 19.3 Å². The minimum absolute atomic E-state index is 0.208. The monoisotopic (exact) mass is 250 g/mol. The van der Waals surface area contributed by atoms with Crippen molar-refractivity contribution < 1.29 is 5.11 Å². The molecule has 102 valence electrons. The molecule has 1 saturated carbocycles. The lowest BCUT2D eigenvalue weighted by atomic mass is 9.81. The highest BCUT2D eigenvalue weighted by molar-refractivity contribution is 5.01. The van der Waals surface area contributed by atoms with Crippen LogP contribution >= 0.6 is 0 Å². The van der Waals surface area contributed by atoms with Crippen LogP contribution in [0.2, 0.25) is 0 Å². The van der Waals surface area contributed by atoms with Crippen molar-refractivity contribution in [2.45, 2.75) is 70.9 Å². The van der Waals surface area contributed by atoms with E-state index in [1.54, 1.807) is 0 Å². The van der Waals surface area contributed by atoms with Crippen LogP contribution < -0.4 is 0 Å². The largest absolute Gasteiger partial charge is 0.393 e. The molecule has 1 aliphatic rings. The fraction of sp³-hybridized carbons (Fsp3) is 0.800. The van der Waals surface area contributed by atoms with Gasteiger partial charge < -0.3 is 5.11 Å². The van der Waals surface area contributed by atoms with Crippen molar-refractivity contribution in [2.75, 3.05) is 0 Å². The summed E-state index contributed by atoms with van der Waals surface area (Å²) in [6, 6.07) is 2.56. The Labute approximate surface area is 110 Å². The quantitative estimate of drug-likeness (QED) is 0.806. The van der Waals surface area contributed by atoms with Gasteiger partial charge >= 0.3 is 0 Å². The number of nitrogens with zero attached hydrogens (tertiary/aromatic N) is 2. The SMILES string of the molecule is CCC(CC)n1ccc(CC(O)CC2CCC2)n1. The van der Waals surface area contributed by atoms with Crippen LogP contribution in [0.1, 0.15) is 64.1 Å². The molecule has 1 unspecified atom stereocenters. The summed E-state index contributed by atoms with van der Waals surface area (Å²) in [7, 11) is 0. The average molecular weight is 250 g/mol. The van der Waals surface area contributed by atoms with Gasteiger partial charge in [-0.25, -0.2) is 0 Å². The van der Waals surface area contributed by atoms with E-state index in [0.29, 0.717) is 12.5 Å². The standard InChI is InChI=1S/C15H26N2O/c1-3-14(4-2)17-9-8-13(16-17)11-15(18)10-12-6-5-7-12/h8-9,12,14-15,18H,3-7,10-11H2,1-2H3. The molecule has 1 aromatic rings. The van der Waals surface area contributed by atoms with Gasteiger partial charge in [-0.3, -0.25) is 4.68 Å². The highest BCUT2D eigenvalue weighted by Crippen LogP contribution is 2.31. The van der Waals surface area contributed by atoms with Gasteiger partial charge in [0.25, 0.3) is 0 Å². The van der Waals surface area contributed by atoms with Crippen molar-refractivity contribution in [2.24, 2.45) is 5.92 Å². The fourth-order valence-electron chi connectivity index (χ4n) is 2.79. The van der Waals surface area contributed by atoms with Gasteiger partial charge in [-0.15, -0.1) is 0 Å². The van der Waals surface area contributed by atoms with Crippen LogP contribution in [0.4, 0.5) is 0 Å². The maximum Gasteiger partial charge on any atom is 0.0650 e. The highest BCUT2D eigenvalue weighted by Gasteiger charge is 2.21. The highest BCUT2D eigenvalue weighted by atomic mass is 16.3. The zero-order valence-corrected chi connectivity index (χ0v) is 11.7. The molecule has 3 nitrogen and oxygen atoms in total. The van der Waals surface area contributed by atoms with Crippen molar-refractivity contribution in [1.82, 2.24) is 9.78 Å². The van der Waals surface area contributed by atoms with Gasteiger partial charge in [0.05, 0.1) is 17.8 Å². The summed E-state index contributed by atoms with van der Waals surface area (Å²) >= 11 is 0. The first kappa shape index (κ1) is 13.6. The number of rotatable bonds is 7. The van der Waals surface area contributed by atoms with Crippen LogP contribution in [0.25, 0.3) is 0 Å².